The van der Waals surface area contributed by atoms with Gasteiger partial charge in [0.1, 0.15) is 0 Å². The second-order valence-corrected chi connectivity index (χ2v) is 6.07. The van der Waals surface area contributed by atoms with Gasteiger partial charge in [0, 0.05) is 15.5 Å². The van der Waals surface area contributed by atoms with Crippen LogP contribution in [0.2, 0.25) is 5.02 Å². The summed E-state index contributed by atoms with van der Waals surface area (Å²) in [6.45, 7) is 3.15. The quantitative estimate of drug-likeness (QED) is 0.829. The van der Waals surface area contributed by atoms with E-state index in [0.717, 1.165) is 22.0 Å². The molecule has 1 N–H and O–H groups in total. The van der Waals surface area contributed by atoms with Crippen molar-refractivity contribution in [2.45, 2.75) is 38.6 Å². The van der Waals surface area contributed by atoms with Crippen LogP contribution in [0.1, 0.15) is 44.2 Å². The van der Waals surface area contributed by atoms with Crippen LogP contribution in [0.3, 0.4) is 0 Å². The van der Waals surface area contributed by atoms with Gasteiger partial charge in [0.2, 0.25) is 0 Å². The van der Waals surface area contributed by atoms with Crippen LogP contribution in [0.15, 0.2) is 22.7 Å². The fourth-order valence-electron chi connectivity index (χ4n) is 2.79. The van der Waals surface area contributed by atoms with Crippen LogP contribution in [0.4, 0.5) is 0 Å². The van der Waals surface area contributed by atoms with E-state index >= 15 is 0 Å². The molecule has 1 aliphatic rings. The van der Waals surface area contributed by atoms with E-state index in [4.69, 9.17) is 11.6 Å². The van der Waals surface area contributed by atoms with E-state index < -0.39 is 0 Å². The van der Waals surface area contributed by atoms with Gasteiger partial charge in [-0.15, -0.1) is 0 Å². The minimum absolute atomic E-state index is 0.410. The first-order valence-corrected chi connectivity index (χ1v) is 7.57. The second kappa shape index (κ2) is 6.21. The third-order valence-corrected chi connectivity index (χ3v) is 4.43. The molecule has 0 bridgehead atoms. The Labute approximate surface area is 117 Å². The van der Waals surface area contributed by atoms with Gasteiger partial charge < -0.3 is 5.32 Å². The Morgan fingerprint density at radius 2 is 2.12 bits per heavy atom. The van der Waals surface area contributed by atoms with Crippen molar-refractivity contribution in [3.63, 3.8) is 0 Å². The van der Waals surface area contributed by atoms with Crippen molar-refractivity contribution < 1.29 is 0 Å². The average molecular weight is 317 g/mol. The molecule has 1 nitrogen and oxygen atoms in total. The maximum atomic E-state index is 6.34. The summed E-state index contributed by atoms with van der Waals surface area (Å²) in [6.07, 6.45) is 5.36. The summed E-state index contributed by atoms with van der Waals surface area (Å²) in [7, 11) is 0. The monoisotopic (exact) mass is 315 g/mol. The van der Waals surface area contributed by atoms with Crippen LogP contribution in [0, 0.1) is 5.92 Å². The van der Waals surface area contributed by atoms with Crippen molar-refractivity contribution in [1.29, 1.82) is 0 Å². The number of halogens is 2. The fraction of sp³-hybridized carbons (Fsp3) is 0.571. The SMILES string of the molecule is CCNC(c1cc(Br)ccc1Cl)C1CCCC1. The van der Waals surface area contributed by atoms with Crippen molar-refractivity contribution in [3.05, 3.63) is 33.3 Å². The van der Waals surface area contributed by atoms with Crippen LogP contribution in [0.5, 0.6) is 0 Å². The molecule has 1 saturated carbocycles. The van der Waals surface area contributed by atoms with Crippen molar-refractivity contribution in [3.8, 4) is 0 Å². The van der Waals surface area contributed by atoms with E-state index in [1.54, 1.807) is 0 Å². The second-order valence-electron chi connectivity index (χ2n) is 4.75. The molecule has 1 fully saturated rings. The van der Waals surface area contributed by atoms with E-state index in [1.807, 2.05) is 12.1 Å². The number of nitrogens with one attached hydrogen (secondary N) is 1. The zero-order chi connectivity index (χ0) is 12.3. The minimum Gasteiger partial charge on any atom is -0.310 e. The Bertz CT molecular complexity index is 374. The Kier molecular flexibility index (Phi) is 4.89. The molecule has 0 aromatic heterocycles. The smallest absolute Gasteiger partial charge is 0.0454 e. The average Bonchev–Trinajstić information content (AvgIpc) is 2.83. The number of rotatable bonds is 4. The van der Waals surface area contributed by atoms with Gasteiger partial charge in [-0.1, -0.05) is 47.3 Å². The third kappa shape index (κ3) is 3.24. The molecule has 1 atom stereocenters. The first-order chi connectivity index (χ1) is 8.22. The normalized spacial score (nSPS) is 18.5. The lowest BCUT2D eigenvalue weighted by Gasteiger charge is -2.26. The molecule has 1 aromatic rings. The summed E-state index contributed by atoms with van der Waals surface area (Å²) >= 11 is 9.88. The molecule has 3 heteroatoms. The molecule has 1 unspecified atom stereocenters. The molecular weight excluding hydrogens is 298 g/mol. The van der Waals surface area contributed by atoms with E-state index in [0.29, 0.717) is 6.04 Å². The molecule has 2 rings (SSSR count). The van der Waals surface area contributed by atoms with Gasteiger partial charge in [0.05, 0.1) is 0 Å². The maximum Gasteiger partial charge on any atom is 0.0454 e. The summed E-state index contributed by atoms with van der Waals surface area (Å²) in [5.41, 5.74) is 1.25. The van der Waals surface area contributed by atoms with Gasteiger partial charge in [0.15, 0.2) is 0 Å². The maximum absolute atomic E-state index is 6.34. The number of hydrogen-bond acceptors (Lipinski definition) is 1. The van der Waals surface area contributed by atoms with Gasteiger partial charge in [-0.3, -0.25) is 0 Å². The highest BCUT2D eigenvalue weighted by Gasteiger charge is 2.27. The van der Waals surface area contributed by atoms with Crippen LogP contribution in [-0.4, -0.2) is 6.54 Å². The van der Waals surface area contributed by atoms with Gasteiger partial charge >= 0.3 is 0 Å². The fourth-order valence-corrected chi connectivity index (χ4v) is 3.41. The Balaban J connectivity index is 2.27. The van der Waals surface area contributed by atoms with Crippen molar-refractivity contribution in [1.82, 2.24) is 5.32 Å². The van der Waals surface area contributed by atoms with E-state index in [1.165, 1.54) is 31.2 Å². The van der Waals surface area contributed by atoms with Gasteiger partial charge in [-0.05, 0) is 49.1 Å². The molecule has 17 heavy (non-hydrogen) atoms. The molecule has 0 radical (unpaired) electrons. The first kappa shape index (κ1) is 13.4. The largest absolute Gasteiger partial charge is 0.310 e. The Morgan fingerprint density at radius 1 is 1.41 bits per heavy atom. The lowest BCUT2D eigenvalue weighted by atomic mass is 9.91. The van der Waals surface area contributed by atoms with Crippen LogP contribution in [0.25, 0.3) is 0 Å². The van der Waals surface area contributed by atoms with E-state index in [2.05, 4.69) is 34.2 Å². The third-order valence-electron chi connectivity index (χ3n) is 3.59. The van der Waals surface area contributed by atoms with Crippen molar-refractivity contribution in [2.75, 3.05) is 6.54 Å². The summed E-state index contributed by atoms with van der Waals surface area (Å²) in [6, 6.07) is 6.56. The van der Waals surface area contributed by atoms with Crippen LogP contribution in [-0.2, 0) is 0 Å². The number of hydrogen-bond donors (Lipinski definition) is 1. The van der Waals surface area contributed by atoms with Crippen LogP contribution >= 0.6 is 27.5 Å². The highest BCUT2D eigenvalue weighted by molar-refractivity contribution is 9.10. The molecule has 1 aromatic carbocycles. The first-order valence-electron chi connectivity index (χ1n) is 6.40. The minimum atomic E-state index is 0.410. The summed E-state index contributed by atoms with van der Waals surface area (Å²) in [5.74, 6) is 0.738. The van der Waals surface area contributed by atoms with Gasteiger partial charge in [-0.25, -0.2) is 0 Å². The van der Waals surface area contributed by atoms with Crippen molar-refractivity contribution >= 4 is 27.5 Å². The molecule has 0 amide bonds. The molecule has 0 aliphatic heterocycles. The highest BCUT2D eigenvalue weighted by atomic mass is 79.9. The lowest BCUT2D eigenvalue weighted by molar-refractivity contribution is 0.374. The van der Waals surface area contributed by atoms with E-state index in [9.17, 15) is 0 Å². The molecule has 0 saturated heterocycles. The topological polar surface area (TPSA) is 12.0 Å². The van der Waals surface area contributed by atoms with Gasteiger partial charge in [-0.2, -0.15) is 0 Å². The zero-order valence-corrected chi connectivity index (χ0v) is 12.5. The molecule has 0 spiro atoms. The standard InChI is InChI=1S/C14H19BrClN/c1-2-17-14(10-5-3-4-6-10)12-9-11(15)7-8-13(12)16/h7-10,14,17H,2-6H2,1H3. The predicted octanol–water partition coefficient (Wildman–Crippen LogP) is 4.94. The molecule has 0 heterocycles. The summed E-state index contributed by atoms with van der Waals surface area (Å²) < 4.78 is 1.11. The van der Waals surface area contributed by atoms with E-state index in [-0.39, 0.29) is 0 Å². The Morgan fingerprint density at radius 3 is 2.76 bits per heavy atom. The highest BCUT2D eigenvalue weighted by Crippen LogP contribution is 2.38. The zero-order valence-electron chi connectivity index (χ0n) is 10.2. The summed E-state index contributed by atoms with van der Waals surface area (Å²) in [5, 5.41) is 4.48. The molecule has 1 aliphatic carbocycles. The molecule has 94 valence electrons. The lowest BCUT2D eigenvalue weighted by Crippen LogP contribution is -2.27. The van der Waals surface area contributed by atoms with Gasteiger partial charge in [0.25, 0.3) is 0 Å². The predicted molar refractivity (Wildman–Crippen MR) is 77.5 cm³/mol. The van der Waals surface area contributed by atoms with Crippen molar-refractivity contribution in [2.24, 2.45) is 5.92 Å². The number of benzene rings is 1. The summed E-state index contributed by atoms with van der Waals surface area (Å²) in [4.78, 5) is 0. The van der Waals surface area contributed by atoms with Crippen LogP contribution < -0.4 is 5.32 Å². The molecular formula is C14H19BrClN. The Hall–Kier alpha value is -0.0500.